The maximum absolute atomic E-state index is 11.9. The zero-order valence-electron chi connectivity index (χ0n) is 11.8. The van der Waals surface area contributed by atoms with Crippen LogP contribution in [0, 0.1) is 0 Å². The summed E-state index contributed by atoms with van der Waals surface area (Å²) >= 11 is 5.97. The van der Waals surface area contributed by atoms with E-state index in [9.17, 15) is 4.79 Å². The van der Waals surface area contributed by atoms with Gasteiger partial charge in [0.2, 0.25) is 5.91 Å². The molecule has 1 aromatic heterocycles. The lowest BCUT2D eigenvalue weighted by Crippen LogP contribution is -2.28. The number of fused-ring (bicyclic) bond motifs is 1. The number of nitrogens with one attached hydrogen (secondary N) is 1. The molecule has 20 heavy (non-hydrogen) atoms. The van der Waals surface area contributed by atoms with Gasteiger partial charge in [0.25, 0.3) is 0 Å². The third-order valence-corrected chi connectivity index (χ3v) is 3.43. The molecular weight excluding hydrogens is 278 g/mol. The zero-order chi connectivity index (χ0) is 14.7. The average molecular weight is 296 g/mol. The average Bonchev–Trinajstić information content (AvgIpc) is 2.85. The summed E-state index contributed by atoms with van der Waals surface area (Å²) in [5.74, 6) is 1.52. The van der Waals surface area contributed by atoms with Gasteiger partial charge in [-0.2, -0.15) is 0 Å². The number of rotatable bonds is 5. The van der Waals surface area contributed by atoms with Crippen LogP contribution in [0.3, 0.4) is 0 Å². The highest BCUT2D eigenvalue weighted by molar-refractivity contribution is 6.17. The van der Waals surface area contributed by atoms with E-state index < -0.39 is 0 Å². The van der Waals surface area contributed by atoms with E-state index in [-0.39, 0.29) is 17.8 Å². The quantitative estimate of drug-likeness (QED) is 0.862. The number of carbonyl (C=O) groups excluding carboxylic acids is 1. The van der Waals surface area contributed by atoms with E-state index in [1.54, 1.807) is 7.05 Å². The largest absolute Gasteiger partial charge is 0.492 e. The molecule has 0 aliphatic carbocycles. The Morgan fingerprint density at radius 1 is 1.55 bits per heavy atom. The molecular formula is C14H18ClN3O2. The molecule has 0 fully saturated rings. The molecule has 0 aliphatic rings. The summed E-state index contributed by atoms with van der Waals surface area (Å²) in [5.41, 5.74) is 1.59. The lowest BCUT2D eigenvalue weighted by Gasteiger charge is -2.15. The van der Waals surface area contributed by atoms with Gasteiger partial charge in [0.1, 0.15) is 23.1 Å². The maximum Gasteiger partial charge on any atom is 0.242 e. The van der Waals surface area contributed by atoms with Crippen molar-refractivity contribution in [2.45, 2.75) is 25.8 Å². The summed E-state index contributed by atoms with van der Waals surface area (Å²) in [7, 11) is 1.62. The molecule has 0 saturated carbocycles. The van der Waals surface area contributed by atoms with E-state index in [2.05, 4.69) is 10.3 Å². The monoisotopic (exact) mass is 295 g/mol. The number of hydrogen-bond acceptors (Lipinski definition) is 3. The molecule has 5 nitrogen and oxygen atoms in total. The van der Waals surface area contributed by atoms with Crippen molar-refractivity contribution in [3.63, 3.8) is 0 Å². The summed E-state index contributed by atoms with van der Waals surface area (Å²) in [6, 6.07) is 5.29. The van der Waals surface area contributed by atoms with Crippen LogP contribution in [0.2, 0.25) is 0 Å². The number of imidazole rings is 1. The molecule has 0 saturated heterocycles. The number of hydrogen-bond donors (Lipinski definition) is 1. The van der Waals surface area contributed by atoms with Crippen molar-refractivity contribution in [2.75, 3.05) is 13.7 Å². The normalized spacial score (nSPS) is 12.4. The molecule has 108 valence electrons. The molecule has 0 bridgehead atoms. The van der Waals surface area contributed by atoms with Crippen molar-refractivity contribution in [3.05, 3.63) is 24.0 Å². The van der Waals surface area contributed by atoms with Gasteiger partial charge in [-0.25, -0.2) is 4.98 Å². The number of amides is 1. The summed E-state index contributed by atoms with van der Waals surface area (Å²) in [6.07, 6.45) is 0. The number of nitrogens with zero attached hydrogens (tertiary/aromatic N) is 2. The van der Waals surface area contributed by atoms with E-state index in [0.717, 1.165) is 11.0 Å². The lowest BCUT2D eigenvalue weighted by atomic mass is 10.2. The Bertz CT molecular complexity index is 624. The standard InChI is InChI=1S/C14H18ClN3O2/c1-4-20-11-7-5-6-10-13(11)17-12(8-15)18(10)9(2)14(19)16-3/h5-7,9H,4,8H2,1-3H3,(H,16,19). The molecule has 1 heterocycles. The maximum atomic E-state index is 11.9. The fourth-order valence-corrected chi connectivity index (χ4v) is 2.45. The van der Waals surface area contributed by atoms with Crippen LogP contribution in [0.5, 0.6) is 5.75 Å². The molecule has 1 atom stereocenters. The Balaban J connectivity index is 2.63. The zero-order valence-corrected chi connectivity index (χ0v) is 12.6. The van der Waals surface area contributed by atoms with Gasteiger partial charge in [-0.3, -0.25) is 4.79 Å². The van der Waals surface area contributed by atoms with Crippen LogP contribution in [-0.4, -0.2) is 29.1 Å². The van der Waals surface area contributed by atoms with Crippen molar-refractivity contribution < 1.29 is 9.53 Å². The van der Waals surface area contributed by atoms with Crippen molar-refractivity contribution in [2.24, 2.45) is 0 Å². The fraction of sp³-hybridized carbons (Fsp3) is 0.429. The van der Waals surface area contributed by atoms with E-state index in [1.165, 1.54) is 0 Å². The van der Waals surface area contributed by atoms with Gasteiger partial charge in [-0.1, -0.05) is 6.07 Å². The Kier molecular flexibility index (Phi) is 4.49. The van der Waals surface area contributed by atoms with Gasteiger partial charge >= 0.3 is 0 Å². The number of carbonyl (C=O) groups is 1. The molecule has 1 amide bonds. The topological polar surface area (TPSA) is 56.2 Å². The molecule has 0 spiro atoms. The van der Waals surface area contributed by atoms with Gasteiger partial charge in [0.15, 0.2) is 0 Å². The summed E-state index contributed by atoms with van der Waals surface area (Å²) in [6.45, 7) is 4.31. The predicted molar refractivity (Wildman–Crippen MR) is 79.2 cm³/mol. The highest BCUT2D eigenvalue weighted by atomic mass is 35.5. The summed E-state index contributed by atoms with van der Waals surface area (Å²) in [5, 5.41) is 2.65. The number of benzene rings is 1. The van der Waals surface area contributed by atoms with Gasteiger partial charge < -0.3 is 14.6 Å². The minimum atomic E-state index is -0.379. The van der Waals surface area contributed by atoms with Crippen LogP contribution in [0.4, 0.5) is 0 Å². The molecule has 6 heteroatoms. The second-order valence-corrected chi connectivity index (χ2v) is 4.65. The van der Waals surface area contributed by atoms with Crippen molar-refractivity contribution >= 4 is 28.5 Å². The predicted octanol–water partition coefficient (Wildman–Crippen LogP) is 2.48. The molecule has 1 unspecified atom stereocenters. The molecule has 0 radical (unpaired) electrons. The van der Waals surface area contributed by atoms with Crippen LogP contribution in [0.1, 0.15) is 25.7 Å². The van der Waals surface area contributed by atoms with Gasteiger partial charge in [-0.05, 0) is 26.0 Å². The number of ether oxygens (including phenoxy) is 1. The van der Waals surface area contributed by atoms with E-state index in [0.29, 0.717) is 18.2 Å². The number of alkyl halides is 1. The highest BCUT2D eigenvalue weighted by Crippen LogP contribution is 2.29. The van der Waals surface area contributed by atoms with Crippen molar-refractivity contribution in [1.29, 1.82) is 0 Å². The third kappa shape index (κ3) is 2.45. The first-order valence-electron chi connectivity index (χ1n) is 6.54. The number of likely N-dealkylation sites (N-methyl/N-ethyl adjacent to an activating group) is 1. The van der Waals surface area contributed by atoms with Crippen molar-refractivity contribution in [1.82, 2.24) is 14.9 Å². The molecule has 1 N–H and O–H groups in total. The van der Waals surface area contributed by atoms with Gasteiger partial charge in [0.05, 0.1) is 18.0 Å². The Hall–Kier alpha value is -1.75. The van der Waals surface area contributed by atoms with Crippen LogP contribution in [0.15, 0.2) is 18.2 Å². The van der Waals surface area contributed by atoms with Crippen LogP contribution in [-0.2, 0) is 10.7 Å². The first-order valence-corrected chi connectivity index (χ1v) is 7.07. The molecule has 1 aromatic carbocycles. The highest BCUT2D eigenvalue weighted by Gasteiger charge is 2.21. The van der Waals surface area contributed by atoms with Crippen LogP contribution < -0.4 is 10.1 Å². The van der Waals surface area contributed by atoms with E-state index in [1.807, 2.05) is 36.6 Å². The smallest absolute Gasteiger partial charge is 0.242 e. The van der Waals surface area contributed by atoms with Crippen LogP contribution in [0.25, 0.3) is 11.0 Å². The SMILES string of the molecule is CCOc1cccc2c1nc(CCl)n2C(C)C(=O)NC. The van der Waals surface area contributed by atoms with E-state index >= 15 is 0 Å². The summed E-state index contributed by atoms with van der Waals surface area (Å²) < 4.78 is 7.43. The molecule has 0 aliphatic heterocycles. The molecule has 2 aromatic rings. The van der Waals surface area contributed by atoms with E-state index in [4.69, 9.17) is 16.3 Å². The number of para-hydroxylation sites is 1. The Morgan fingerprint density at radius 2 is 2.30 bits per heavy atom. The first-order chi connectivity index (χ1) is 9.63. The fourth-order valence-electron chi connectivity index (χ4n) is 2.26. The van der Waals surface area contributed by atoms with Crippen molar-refractivity contribution in [3.8, 4) is 5.75 Å². The lowest BCUT2D eigenvalue weighted by molar-refractivity contribution is -0.123. The first kappa shape index (κ1) is 14.7. The minimum Gasteiger partial charge on any atom is -0.492 e. The Morgan fingerprint density at radius 3 is 2.90 bits per heavy atom. The second kappa shape index (κ2) is 6.13. The molecule has 2 rings (SSSR count). The number of aromatic nitrogens is 2. The number of halogens is 1. The van der Waals surface area contributed by atoms with Gasteiger partial charge in [-0.15, -0.1) is 11.6 Å². The minimum absolute atomic E-state index is 0.0857. The second-order valence-electron chi connectivity index (χ2n) is 4.38. The van der Waals surface area contributed by atoms with Crippen LogP contribution >= 0.6 is 11.6 Å². The summed E-state index contributed by atoms with van der Waals surface area (Å²) in [4.78, 5) is 16.4. The van der Waals surface area contributed by atoms with Gasteiger partial charge in [0, 0.05) is 7.05 Å². The Labute approximate surface area is 122 Å². The third-order valence-electron chi connectivity index (χ3n) is 3.19.